The lowest BCUT2D eigenvalue weighted by molar-refractivity contribution is 0.0992. The number of aryl methyl sites for hydroxylation is 1. The Bertz CT molecular complexity index is 576. The zero-order valence-corrected chi connectivity index (χ0v) is 10.7. The van der Waals surface area contributed by atoms with Crippen molar-refractivity contribution in [1.82, 2.24) is 0 Å². The lowest BCUT2D eigenvalue weighted by Gasteiger charge is -2.04. The fraction of sp³-hybridized carbons (Fsp3) is 0.133. The van der Waals surface area contributed by atoms with Crippen molar-refractivity contribution in [2.75, 3.05) is 0 Å². The summed E-state index contributed by atoms with van der Waals surface area (Å²) in [6.45, 7) is 1.95. The lowest BCUT2D eigenvalue weighted by atomic mass is 10.0. The number of carbonyl (C=O) groups excluding carboxylic acids is 1. The topological polar surface area (TPSA) is 17.1 Å². The smallest absolute Gasteiger partial charge is 0.167 e. The molecule has 0 amide bonds. The summed E-state index contributed by atoms with van der Waals surface area (Å²) in [5.41, 5.74) is 2.05. The Kier molecular flexibility index (Phi) is 3.78. The molecule has 0 N–H and O–H groups in total. The van der Waals surface area contributed by atoms with Gasteiger partial charge in [-0.3, -0.25) is 4.79 Å². The summed E-state index contributed by atoms with van der Waals surface area (Å²) >= 11 is 5.66. The van der Waals surface area contributed by atoms with E-state index in [-0.39, 0.29) is 12.2 Å². The maximum atomic E-state index is 13.6. The van der Waals surface area contributed by atoms with Crippen LogP contribution in [0.5, 0.6) is 0 Å². The Morgan fingerprint density at radius 2 is 1.83 bits per heavy atom. The first kappa shape index (κ1) is 12.8. The molecule has 3 heteroatoms. The third-order valence-electron chi connectivity index (χ3n) is 2.74. The van der Waals surface area contributed by atoms with Crippen LogP contribution in [0.15, 0.2) is 42.5 Å². The zero-order chi connectivity index (χ0) is 13.1. The molecule has 2 aromatic carbocycles. The van der Waals surface area contributed by atoms with E-state index in [0.29, 0.717) is 16.1 Å². The number of rotatable bonds is 3. The first-order valence-corrected chi connectivity index (χ1v) is 5.98. The first-order chi connectivity index (χ1) is 8.56. The molecule has 0 unspecified atom stereocenters. The lowest BCUT2D eigenvalue weighted by Crippen LogP contribution is -2.05. The minimum absolute atomic E-state index is 0.0477. The van der Waals surface area contributed by atoms with Gasteiger partial charge in [0, 0.05) is 17.0 Å². The zero-order valence-electron chi connectivity index (χ0n) is 9.91. The molecule has 0 aliphatic carbocycles. The van der Waals surface area contributed by atoms with E-state index in [0.717, 1.165) is 5.56 Å². The van der Waals surface area contributed by atoms with E-state index in [4.69, 9.17) is 11.6 Å². The highest BCUT2D eigenvalue weighted by molar-refractivity contribution is 6.30. The molecule has 0 aliphatic rings. The third-order valence-corrected chi connectivity index (χ3v) is 2.97. The standard InChI is InChI=1S/C15H12ClFO/c1-10-2-4-11(5-3-10)15(18)8-12-6-7-13(16)9-14(12)17/h2-7,9H,8H2,1H3. The van der Waals surface area contributed by atoms with E-state index < -0.39 is 5.82 Å². The summed E-state index contributed by atoms with van der Waals surface area (Å²) in [7, 11) is 0. The van der Waals surface area contributed by atoms with Crippen LogP contribution >= 0.6 is 11.6 Å². The fourth-order valence-corrected chi connectivity index (χ4v) is 1.84. The first-order valence-electron chi connectivity index (χ1n) is 5.60. The van der Waals surface area contributed by atoms with Gasteiger partial charge in [0.05, 0.1) is 0 Å². The molecule has 0 bridgehead atoms. The van der Waals surface area contributed by atoms with Crippen molar-refractivity contribution >= 4 is 17.4 Å². The van der Waals surface area contributed by atoms with Gasteiger partial charge in [-0.15, -0.1) is 0 Å². The van der Waals surface area contributed by atoms with Gasteiger partial charge in [-0.05, 0) is 24.6 Å². The molecule has 0 spiro atoms. The number of Topliss-reactive ketones (excluding diaryl/α,β-unsaturated/α-hetero) is 1. The normalized spacial score (nSPS) is 10.4. The highest BCUT2D eigenvalue weighted by Crippen LogP contribution is 2.16. The van der Waals surface area contributed by atoms with E-state index in [1.165, 1.54) is 6.07 Å². The van der Waals surface area contributed by atoms with Crippen LogP contribution in [0.3, 0.4) is 0 Å². The van der Waals surface area contributed by atoms with Crippen LogP contribution in [0, 0.1) is 12.7 Å². The van der Waals surface area contributed by atoms with Gasteiger partial charge in [0.1, 0.15) is 5.82 Å². The summed E-state index contributed by atoms with van der Waals surface area (Å²) in [5.74, 6) is -0.542. The molecule has 1 nitrogen and oxygen atoms in total. The number of halogens is 2. The molecule has 0 saturated carbocycles. The number of hydrogen-bond donors (Lipinski definition) is 0. The van der Waals surface area contributed by atoms with Gasteiger partial charge >= 0.3 is 0 Å². The third kappa shape index (κ3) is 2.96. The van der Waals surface area contributed by atoms with Gasteiger partial charge in [-0.2, -0.15) is 0 Å². The second kappa shape index (κ2) is 5.32. The molecular weight excluding hydrogens is 251 g/mol. The van der Waals surface area contributed by atoms with E-state index in [2.05, 4.69) is 0 Å². The van der Waals surface area contributed by atoms with Crippen LogP contribution in [0.1, 0.15) is 21.5 Å². The SMILES string of the molecule is Cc1ccc(C(=O)Cc2ccc(Cl)cc2F)cc1. The maximum Gasteiger partial charge on any atom is 0.167 e. The summed E-state index contributed by atoms with van der Waals surface area (Å²) in [5, 5.41) is 0.332. The van der Waals surface area contributed by atoms with Crippen LogP contribution in [0.25, 0.3) is 0 Å². The van der Waals surface area contributed by atoms with Crippen molar-refractivity contribution in [3.8, 4) is 0 Å². The Morgan fingerprint density at radius 3 is 2.44 bits per heavy atom. The molecule has 0 aliphatic heterocycles. The van der Waals surface area contributed by atoms with Gasteiger partial charge < -0.3 is 0 Å². The van der Waals surface area contributed by atoms with Crippen LogP contribution in [0.4, 0.5) is 4.39 Å². The predicted molar refractivity (Wildman–Crippen MR) is 70.6 cm³/mol. The van der Waals surface area contributed by atoms with Crippen molar-refractivity contribution in [1.29, 1.82) is 0 Å². The highest BCUT2D eigenvalue weighted by Gasteiger charge is 2.10. The molecule has 2 aromatic rings. The summed E-state index contributed by atoms with van der Waals surface area (Å²) in [4.78, 5) is 12.0. The quantitative estimate of drug-likeness (QED) is 0.757. The molecule has 0 saturated heterocycles. The monoisotopic (exact) mass is 262 g/mol. The largest absolute Gasteiger partial charge is 0.294 e. The van der Waals surface area contributed by atoms with E-state index in [1.807, 2.05) is 19.1 Å². The van der Waals surface area contributed by atoms with Crippen molar-refractivity contribution in [2.24, 2.45) is 0 Å². The summed E-state index contributed by atoms with van der Waals surface area (Å²) in [6.07, 6.45) is 0.0477. The fourth-order valence-electron chi connectivity index (χ4n) is 1.68. The number of benzene rings is 2. The van der Waals surface area contributed by atoms with Crippen molar-refractivity contribution in [2.45, 2.75) is 13.3 Å². The molecule has 0 aromatic heterocycles. The Balaban J connectivity index is 2.18. The summed E-state index contributed by atoms with van der Waals surface area (Å²) in [6, 6.07) is 11.6. The van der Waals surface area contributed by atoms with Crippen molar-refractivity contribution in [3.63, 3.8) is 0 Å². The molecular formula is C15H12ClFO. The van der Waals surface area contributed by atoms with Crippen LogP contribution < -0.4 is 0 Å². The second-order valence-electron chi connectivity index (χ2n) is 4.20. The molecule has 0 radical (unpaired) electrons. The Labute approximate surface area is 110 Å². The van der Waals surface area contributed by atoms with Crippen LogP contribution in [-0.2, 0) is 6.42 Å². The molecule has 92 valence electrons. The van der Waals surface area contributed by atoms with E-state index >= 15 is 0 Å². The van der Waals surface area contributed by atoms with Gasteiger partial charge in [-0.1, -0.05) is 47.5 Å². The average molecular weight is 263 g/mol. The van der Waals surface area contributed by atoms with E-state index in [1.54, 1.807) is 24.3 Å². The van der Waals surface area contributed by atoms with Crippen molar-refractivity contribution in [3.05, 3.63) is 70.0 Å². The maximum absolute atomic E-state index is 13.6. The molecule has 2 rings (SSSR count). The summed E-state index contributed by atoms with van der Waals surface area (Å²) < 4.78 is 13.6. The van der Waals surface area contributed by atoms with Gasteiger partial charge in [-0.25, -0.2) is 4.39 Å². The van der Waals surface area contributed by atoms with Gasteiger partial charge in [0.25, 0.3) is 0 Å². The average Bonchev–Trinajstić information content (AvgIpc) is 2.33. The molecule has 0 heterocycles. The predicted octanol–water partition coefficient (Wildman–Crippen LogP) is 4.21. The second-order valence-corrected chi connectivity index (χ2v) is 4.64. The molecule has 0 atom stereocenters. The minimum atomic E-state index is -0.442. The number of ketones is 1. The highest BCUT2D eigenvalue weighted by atomic mass is 35.5. The van der Waals surface area contributed by atoms with Crippen LogP contribution in [0.2, 0.25) is 5.02 Å². The van der Waals surface area contributed by atoms with Gasteiger partial charge in [0.2, 0.25) is 0 Å². The van der Waals surface area contributed by atoms with Gasteiger partial charge in [0.15, 0.2) is 5.78 Å². The van der Waals surface area contributed by atoms with E-state index in [9.17, 15) is 9.18 Å². The van der Waals surface area contributed by atoms with Crippen LogP contribution in [-0.4, -0.2) is 5.78 Å². The van der Waals surface area contributed by atoms with Crippen molar-refractivity contribution < 1.29 is 9.18 Å². The number of carbonyl (C=O) groups is 1. The minimum Gasteiger partial charge on any atom is -0.294 e. The number of hydrogen-bond acceptors (Lipinski definition) is 1. The molecule has 0 fully saturated rings. The Morgan fingerprint density at radius 1 is 1.17 bits per heavy atom. The molecule has 18 heavy (non-hydrogen) atoms. The Hall–Kier alpha value is -1.67.